The van der Waals surface area contributed by atoms with E-state index in [0.717, 1.165) is 34.2 Å². The average molecular weight is 385 g/mol. The normalized spacial score (nSPS) is 11.4. The fraction of sp³-hybridized carbons (Fsp3) is 0.316. The molecule has 8 heteroatoms. The molecule has 0 aliphatic heterocycles. The Morgan fingerprint density at radius 2 is 2.19 bits per heavy atom. The summed E-state index contributed by atoms with van der Waals surface area (Å²) < 4.78 is 5.18. The summed E-state index contributed by atoms with van der Waals surface area (Å²) in [5.74, 6) is 3.01. The molecule has 3 N–H and O–H groups in total. The Morgan fingerprint density at radius 1 is 1.37 bits per heavy atom. The van der Waals surface area contributed by atoms with Crippen LogP contribution in [0.3, 0.4) is 0 Å². The van der Waals surface area contributed by atoms with Crippen molar-refractivity contribution in [2.75, 3.05) is 31.2 Å². The number of rotatable bonds is 9. The quantitative estimate of drug-likeness (QED) is 0.201. The molecule has 0 bridgehead atoms. The number of nitrogens with one attached hydrogen (secondary N) is 3. The van der Waals surface area contributed by atoms with Gasteiger partial charge < -0.3 is 15.1 Å². The second kappa shape index (κ2) is 11.6. The first-order valence-corrected chi connectivity index (χ1v) is 9.73. The van der Waals surface area contributed by atoms with E-state index in [1.54, 1.807) is 11.8 Å². The van der Waals surface area contributed by atoms with Crippen molar-refractivity contribution in [3.8, 4) is 6.19 Å². The number of thioether (sulfide) groups is 1. The van der Waals surface area contributed by atoms with Gasteiger partial charge in [-0.15, -0.1) is 0 Å². The summed E-state index contributed by atoms with van der Waals surface area (Å²) in [6, 6.07) is 8.11. The van der Waals surface area contributed by atoms with Crippen LogP contribution in [0, 0.1) is 18.4 Å². The predicted molar refractivity (Wildman–Crippen MR) is 111 cm³/mol. The predicted octanol–water partition coefficient (Wildman–Crippen LogP) is 2.99. The topological polar surface area (TPSA) is 98.3 Å². The van der Waals surface area contributed by atoms with E-state index in [1.807, 2.05) is 56.6 Å². The van der Waals surface area contributed by atoms with Crippen LogP contribution in [0.4, 0.5) is 5.69 Å². The first-order chi connectivity index (χ1) is 13.2. The fourth-order valence-electron chi connectivity index (χ4n) is 2.16. The van der Waals surface area contributed by atoms with Gasteiger partial charge >= 0.3 is 0 Å². The Morgan fingerprint density at radius 3 is 2.85 bits per heavy atom. The molecular weight excluding hydrogens is 360 g/mol. The van der Waals surface area contributed by atoms with E-state index < -0.39 is 0 Å². The minimum Gasteiger partial charge on any atom is -0.448 e. The number of nitrogens with zero attached hydrogens (tertiary/aromatic N) is 3. The van der Waals surface area contributed by atoms with Gasteiger partial charge in [-0.1, -0.05) is 24.3 Å². The van der Waals surface area contributed by atoms with Crippen LogP contribution in [0.15, 0.2) is 46.1 Å². The van der Waals surface area contributed by atoms with E-state index in [1.165, 1.54) is 6.39 Å². The lowest BCUT2D eigenvalue weighted by Crippen LogP contribution is -2.36. The molecule has 0 radical (unpaired) electrons. The van der Waals surface area contributed by atoms with Gasteiger partial charge in [0.1, 0.15) is 5.76 Å². The van der Waals surface area contributed by atoms with E-state index in [-0.39, 0.29) is 0 Å². The summed E-state index contributed by atoms with van der Waals surface area (Å²) in [7, 11) is 1.89. The first kappa shape index (κ1) is 20.4. The number of aromatic nitrogens is 1. The van der Waals surface area contributed by atoms with Crippen LogP contribution in [-0.2, 0) is 5.75 Å². The third-order valence-corrected chi connectivity index (χ3v) is 4.63. The summed E-state index contributed by atoms with van der Waals surface area (Å²) in [6.07, 6.45) is 7.33. The highest BCUT2D eigenvalue weighted by Gasteiger charge is 2.03. The van der Waals surface area contributed by atoms with Crippen LogP contribution in [0.1, 0.15) is 17.0 Å². The minimum atomic E-state index is 0.478. The minimum absolute atomic E-state index is 0.478. The smallest absolute Gasteiger partial charge is 0.205 e. The van der Waals surface area contributed by atoms with Crippen molar-refractivity contribution >= 4 is 29.5 Å². The van der Waals surface area contributed by atoms with Gasteiger partial charge in [-0.05, 0) is 24.6 Å². The number of benzene rings is 1. The summed E-state index contributed by atoms with van der Waals surface area (Å²) in [5, 5.41) is 17.6. The number of oxazole rings is 1. The summed E-state index contributed by atoms with van der Waals surface area (Å²) in [4.78, 5) is 8.52. The molecule has 1 aromatic carbocycles. The summed E-state index contributed by atoms with van der Waals surface area (Å²) in [6.45, 7) is 3.09. The molecule has 0 spiro atoms. The maximum Gasteiger partial charge on any atom is 0.205 e. The largest absolute Gasteiger partial charge is 0.448 e. The molecule has 0 fully saturated rings. The van der Waals surface area contributed by atoms with E-state index in [9.17, 15) is 0 Å². The van der Waals surface area contributed by atoms with E-state index >= 15 is 0 Å². The molecule has 0 saturated heterocycles. The van der Waals surface area contributed by atoms with Crippen molar-refractivity contribution < 1.29 is 4.42 Å². The van der Waals surface area contributed by atoms with E-state index in [4.69, 9.17) is 9.68 Å². The zero-order chi connectivity index (χ0) is 19.3. The van der Waals surface area contributed by atoms with E-state index in [0.29, 0.717) is 19.0 Å². The lowest BCUT2D eigenvalue weighted by atomic mass is 10.2. The number of guanidine groups is 1. The van der Waals surface area contributed by atoms with Gasteiger partial charge in [-0.3, -0.25) is 5.32 Å². The van der Waals surface area contributed by atoms with Gasteiger partial charge in [0.05, 0.1) is 12.2 Å². The van der Waals surface area contributed by atoms with Crippen molar-refractivity contribution in [2.45, 2.75) is 12.7 Å². The van der Waals surface area contributed by atoms with Crippen LogP contribution >= 0.6 is 11.8 Å². The molecule has 0 saturated carbocycles. The second-order valence-electron chi connectivity index (χ2n) is 5.54. The van der Waals surface area contributed by atoms with Crippen LogP contribution in [0.25, 0.3) is 6.08 Å². The number of anilines is 1. The molecule has 0 aliphatic rings. The third kappa shape index (κ3) is 7.46. The molecule has 0 atom stereocenters. The molecule has 27 heavy (non-hydrogen) atoms. The van der Waals surface area contributed by atoms with Gasteiger partial charge in [0.25, 0.3) is 0 Å². The van der Waals surface area contributed by atoms with Gasteiger partial charge in [0.15, 0.2) is 12.6 Å². The Kier molecular flexibility index (Phi) is 8.80. The molecule has 2 rings (SSSR count). The van der Waals surface area contributed by atoms with E-state index in [2.05, 4.69) is 25.9 Å². The number of hydrogen-bond donors (Lipinski definition) is 3. The Balaban J connectivity index is 1.72. The highest BCUT2D eigenvalue weighted by Crippen LogP contribution is 2.13. The number of aliphatic imine (C=N–C) groups is 1. The van der Waals surface area contributed by atoms with Crippen molar-refractivity contribution in [2.24, 2.45) is 4.99 Å². The number of nitriles is 1. The third-order valence-electron chi connectivity index (χ3n) is 3.66. The number of aryl methyl sites for hydroxylation is 1. The van der Waals surface area contributed by atoms with Crippen LogP contribution in [-0.4, -0.2) is 36.8 Å². The van der Waals surface area contributed by atoms with Crippen molar-refractivity contribution in [3.63, 3.8) is 0 Å². The van der Waals surface area contributed by atoms with Crippen LogP contribution < -0.4 is 16.0 Å². The maximum absolute atomic E-state index is 8.85. The maximum atomic E-state index is 8.85. The van der Waals surface area contributed by atoms with Crippen molar-refractivity contribution in [1.82, 2.24) is 15.6 Å². The SMILES string of the molecule is CNc1ccc(/C=C/CN=C(NC#N)NCCSCc2ncoc2C)cc1. The molecule has 1 aromatic heterocycles. The van der Waals surface area contributed by atoms with Crippen LogP contribution in [0.5, 0.6) is 0 Å². The van der Waals surface area contributed by atoms with Crippen molar-refractivity contribution in [1.29, 1.82) is 5.26 Å². The molecule has 2 aromatic rings. The molecule has 0 amide bonds. The van der Waals surface area contributed by atoms with Gasteiger partial charge in [0.2, 0.25) is 5.96 Å². The first-order valence-electron chi connectivity index (χ1n) is 8.57. The Hall–Kier alpha value is -2.92. The summed E-state index contributed by atoms with van der Waals surface area (Å²) in [5.41, 5.74) is 3.15. The highest BCUT2D eigenvalue weighted by molar-refractivity contribution is 7.98. The Labute approximate surface area is 164 Å². The van der Waals surface area contributed by atoms with Gasteiger partial charge in [0, 0.05) is 30.8 Å². The Bertz CT molecular complexity index is 791. The van der Waals surface area contributed by atoms with Gasteiger partial charge in [-0.25, -0.2) is 9.98 Å². The average Bonchev–Trinajstić information content (AvgIpc) is 3.10. The monoisotopic (exact) mass is 384 g/mol. The molecule has 0 aliphatic carbocycles. The zero-order valence-electron chi connectivity index (χ0n) is 15.5. The fourth-order valence-corrected chi connectivity index (χ4v) is 3.03. The lowest BCUT2D eigenvalue weighted by molar-refractivity contribution is 0.525. The highest BCUT2D eigenvalue weighted by atomic mass is 32.2. The second-order valence-corrected chi connectivity index (χ2v) is 6.64. The molecular formula is C19H24N6OS. The number of hydrogen-bond acceptors (Lipinski definition) is 6. The molecule has 0 unspecified atom stereocenters. The molecule has 142 valence electrons. The lowest BCUT2D eigenvalue weighted by Gasteiger charge is -2.07. The zero-order valence-corrected chi connectivity index (χ0v) is 16.3. The van der Waals surface area contributed by atoms with Crippen molar-refractivity contribution in [3.05, 3.63) is 53.8 Å². The summed E-state index contributed by atoms with van der Waals surface area (Å²) >= 11 is 1.74. The van der Waals surface area contributed by atoms with Crippen LogP contribution in [0.2, 0.25) is 0 Å². The molecule has 7 nitrogen and oxygen atoms in total. The van der Waals surface area contributed by atoms with Gasteiger partial charge in [-0.2, -0.15) is 17.0 Å². The molecule has 1 heterocycles. The standard InChI is InChI=1S/C19H24N6OS/c1-15-18(25-14-26-15)12-27-11-10-23-19(24-13-20)22-9-3-4-16-5-7-17(21-2)8-6-16/h3-8,14,21H,9-12H2,1-2H3,(H2,22,23,24)/b4-3+.